The summed E-state index contributed by atoms with van der Waals surface area (Å²) in [6.07, 6.45) is 1.91. The van der Waals surface area contributed by atoms with Crippen molar-refractivity contribution in [2.75, 3.05) is 6.61 Å². The highest BCUT2D eigenvalue weighted by Gasteiger charge is 2.30. The van der Waals surface area contributed by atoms with Crippen molar-refractivity contribution in [3.63, 3.8) is 0 Å². The van der Waals surface area contributed by atoms with E-state index in [4.69, 9.17) is 9.84 Å². The standard InChI is InChI=1S/C25H28F3N3O3/c1-3-5-22-19(16-31(30-22)23-11-9-20(15-29-23)25(26,27)28)6-4-13-34-21-10-7-18(17(2)14-21)8-12-24(32)33/h7,9-11,14-16H,3-6,8,12-13H2,1-2H3,(H,32,33). The van der Waals surface area contributed by atoms with Gasteiger partial charge in [0, 0.05) is 18.8 Å². The molecule has 3 rings (SSSR count). The van der Waals surface area contributed by atoms with Crippen LogP contribution in [0.4, 0.5) is 13.2 Å². The van der Waals surface area contributed by atoms with Crippen LogP contribution in [0.5, 0.6) is 5.75 Å². The van der Waals surface area contributed by atoms with Gasteiger partial charge < -0.3 is 9.84 Å². The topological polar surface area (TPSA) is 77.2 Å². The zero-order valence-corrected chi connectivity index (χ0v) is 19.2. The Labute approximate surface area is 196 Å². The largest absolute Gasteiger partial charge is 0.494 e. The summed E-state index contributed by atoms with van der Waals surface area (Å²) in [5.41, 5.74) is 3.12. The number of rotatable bonds is 11. The maximum Gasteiger partial charge on any atom is 0.417 e. The summed E-state index contributed by atoms with van der Waals surface area (Å²) in [7, 11) is 0. The van der Waals surface area contributed by atoms with Crippen LogP contribution in [0.3, 0.4) is 0 Å². The molecule has 0 atom stereocenters. The number of aryl methyl sites for hydroxylation is 4. The van der Waals surface area contributed by atoms with Gasteiger partial charge in [0.25, 0.3) is 0 Å². The summed E-state index contributed by atoms with van der Waals surface area (Å²) in [4.78, 5) is 14.7. The van der Waals surface area contributed by atoms with Crippen LogP contribution in [0.1, 0.15) is 54.1 Å². The van der Waals surface area contributed by atoms with E-state index in [1.807, 2.05) is 38.2 Å². The summed E-state index contributed by atoms with van der Waals surface area (Å²) in [5, 5.41) is 13.4. The number of alkyl halides is 3. The number of ether oxygens (including phenoxy) is 1. The molecule has 3 aromatic rings. The molecule has 0 aliphatic carbocycles. The average Bonchev–Trinajstić information content (AvgIpc) is 3.18. The molecule has 182 valence electrons. The van der Waals surface area contributed by atoms with Gasteiger partial charge in [-0.15, -0.1) is 0 Å². The van der Waals surface area contributed by atoms with Gasteiger partial charge in [-0.2, -0.15) is 18.3 Å². The Balaban J connectivity index is 1.60. The molecule has 0 saturated heterocycles. The van der Waals surface area contributed by atoms with E-state index in [0.717, 1.165) is 59.7 Å². The summed E-state index contributed by atoms with van der Waals surface area (Å²) in [5.74, 6) is 0.251. The molecule has 34 heavy (non-hydrogen) atoms. The Morgan fingerprint density at radius 2 is 1.91 bits per heavy atom. The highest BCUT2D eigenvalue weighted by atomic mass is 19.4. The Bertz CT molecular complexity index is 1110. The monoisotopic (exact) mass is 475 g/mol. The van der Waals surface area contributed by atoms with Gasteiger partial charge in [0.2, 0.25) is 0 Å². The number of hydrogen-bond donors (Lipinski definition) is 1. The molecule has 9 heteroatoms. The van der Waals surface area contributed by atoms with Crippen LogP contribution in [0.25, 0.3) is 5.82 Å². The minimum absolute atomic E-state index is 0.0941. The van der Waals surface area contributed by atoms with Crippen LogP contribution < -0.4 is 4.74 Å². The van der Waals surface area contributed by atoms with Crippen molar-refractivity contribution in [3.05, 3.63) is 70.7 Å². The van der Waals surface area contributed by atoms with E-state index < -0.39 is 17.7 Å². The van der Waals surface area contributed by atoms with Gasteiger partial charge in [-0.3, -0.25) is 4.79 Å². The zero-order valence-electron chi connectivity index (χ0n) is 19.2. The second kappa shape index (κ2) is 11.2. The first-order valence-electron chi connectivity index (χ1n) is 11.2. The van der Waals surface area contributed by atoms with E-state index in [1.165, 1.54) is 10.7 Å². The maximum absolute atomic E-state index is 12.8. The number of aliphatic carboxylic acids is 1. The van der Waals surface area contributed by atoms with Gasteiger partial charge in [-0.25, -0.2) is 9.67 Å². The molecule has 6 nitrogen and oxygen atoms in total. The molecular weight excluding hydrogens is 447 g/mol. The summed E-state index contributed by atoms with van der Waals surface area (Å²) >= 11 is 0. The third-order valence-corrected chi connectivity index (χ3v) is 5.46. The molecule has 0 fully saturated rings. The first-order chi connectivity index (χ1) is 16.2. The third-order valence-electron chi connectivity index (χ3n) is 5.46. The Morgan fingerprint density at radius 1 is 1.12 bits per heavy atom. The molecule has 0 radical (unpaired) electrons. The molecule has 2 aromatic heterocycles. The van der Waals surface area contributed by atoms with E-state index in [9.17, 15) is 18.0 Å². The summed E-state index contributed by atoms with van der Waals surface area (Å²) in [6, 6.07) is 7.98. The van der Waals surface area contributed by atoms with Crippen molar-refractivity contribution in [2.45, 2.75) is 58.5 Å². The molecule has 0 bridgehead atoms. The lowest BCUT2D eigenvalue weighted by molar-refractivity contribution is -0.138. The fraction of sp³-hybridized carbons (Fsp3) is 0.400. The van der Waals surface area contributed by atoms with Crippen molar-refractivity contribution >= 4 is 5.97 Å². The number of carbonyl (C=O) groups is 1. The molecular formula is C25H28F3N3O3. The van der Waals surface area contributed by atoms with E-state index in [1.54, 1.807) is 0 Å². The quantitative estimate of drug-likeness (QED) is 0.367. The van der Waals surface area contributed by atoms with Crippen LogP contribution in [-0.4, -0.2) is 32.4 Å². The number of aromatic nitrogens is 3. The average molecular weight is 476 g/mol. The highest BCUT2D eigenvalue weighted by molar-refractivity contribution is 5.67. The number of carboxylic acids is 1. The lowest BCUT2D eigenvalue weighted by atomic mass is 10.0. The first-order valence-corrected chi connectivity index (χ1v) is 11.2. The molecule has 0 spiro atoms. The molecule has 1 N–H and O–H groups in total. The van der Waals surface area contributed by atoms with Crippen LogP contribution in [0, 0.1) is 6.92 Å². The minimum Gasteiger partial charge on any atom is -0.494 e. The highest BCUT2D eigenvalue weighted by Crippen LogP contribution is 2.29. The molecule has 1 aromatic carbocycles. The summed E-state index contributed by atoms with van der Waals surface area (Å²) in [6.45, 7) is 4.47. The van der Waals surface area contributed by atoms with Crippen molar-refractivity contribution in [2.24, 2.45) is 0 Å². The van der Waals surface area contributed by atoms with Crippen LogP contribution in [0.2, 0.25) is 0 Å². The Kier molecular flexibility index (Phi) is 8.31. The Hall–Kier alpha value is -3.36. The number of carboxylic acid groups (broad SMARTS) is 1. The molecule has 2 heterocycles. The van der Waals surface area contributed by atoms with E-state index >= 15 is 0 Å². The lowest BCUT2D eigenvalue weighted by Gasteiger charge is -2.10. The second-order valence-electron chi connectivity index (χ2n) is 8.13. The molecule has 0 aliphatic heterocycles. The van der Waals surface area contributed by atoms with Crippen molar-refractivity contribution in [1.82, 2.24) is 14.8 Å². The van der Waals surface area contributed by atoms with Crippen molar-refractivity contribution < 1.29 is 27.8 Å². The molecule has 0 unspecified atom stereocenters. The van der Waals surface area contributed by atoms with Gasteiger partial charge in [0.15, 0.2) is 5.82 Å². The number of benzene rings is 1. The first kappa shape index (κ1) is 25.3. The number of pyridine rings is 1. The lowest BCUT2D eigenvalue weighted by Crippen LogP contribution is -2.07. The van der Waals surface area contributed by atoms with Crippen LogP contribution >= 0.6 is 0 Å². The second-order valence-corrected chi connectivity index (χ2v) is 8.13. The number of nitrogens with zero attached hydrogens (tertiary/aromatic N) is 3. The van der Waals surface area contributed by atoms with Gasteiger partial charge in [-0.1, -0.05) is 19.4 Å². The fourth-order valence-electron chi connectivity index (χ4n) is 3.64. The van der Waals surface area contributed by atoms with Crippen LogP contribution in [-0.2, 0) is 30.2 Å². The van der Waals surface area contributed by atoms with Crippen molar-refractivity contribution in [1.29, 1.82) is 0 Å². The van der Waals surface area contributed by atoms with Gasteiger partial charge in [0.1, 0.15) is 5.75 Å². The molecule has 0 aliphatic rings. The number of halogens is 3. The van der Waals surface area contributed by atoms with Gasteiger partial charge in [0.05, 0.1) is 17.9 Å². The van der Waals surface area contributed by atoms with Gasteiger partial charge >= 0.3 is 12.1 Å². The third kappa shape index (κ3) is 6.82. The van der Waals surface area contributed by atoms with Gasteiger partial charge in [-0.05, 0) is 73.6 Å². The molecule has 0 saturated carbocycles. The molecule has 0 amide bonds. The maximum atomic E-state index is 12.8. The fourth-order valence-corrected chi connectivity index (χ4v) is 3.64. The normalized spacial score (nSPS) is 11.6. The predicted molar refractivity (Wildman–Crippen MR) is 121 cm³/mol. The SMILES string of the molecule is CCCc1nn(-c2ccc(C(F)(F)F)cn2)cc1CCCOc1ccc(CCC(=O)O)c(C)c1. The van der Waals surface area contributed by atoms with E-state index in [0.29, 0.717) is 25.3 Å². The minimum atomic E-state index is -4.43. The smallest absolute Gasteiger partial charge is 0.417 e. The Morgan fingerprint density at radius 3 is 2.53 bits per heavy atom. The van der Waals surface area contributed by atoms with Crippen LogP contribution in [0.15, 0.2) is 42.7 Å². The predicted octanol–water partition coefficient (Wildman–Crippen LogP) is 5.58. The van der Waals surface area contributed by atoms with E-state index in [-0.39, 0.29) is 6.42 Å². The zero-order chi connectivity index (χ0) is 24.7. The van der Waals surface area contributed by atoms with E-state index in [2.05, 4.69) is 10.1 Å². The number of hydrogen-bond acceptors (Lipinski definition) is 4. The van der Waals surface area contributed by atoms with Crippen molar-refractivity contribution in [3.8, 4) is 11.6 Å². The summed E-state index contributed by atoms with van der Waals surface area (Å²) < 4.78 is 45.8.